The highest BCUT2D eigenvalue weighted by Gasteiger charge is 2.07. The Balaban J connectivity index is 3.13. The maximum absolute atomic E-state index is 10.9. The maximum atomic E-state index is 10.9. The summed E-state index contributed by atoms with van der Waals surface area (Å²) in [6, 6.07) is 6.20. The van der Waals surface area contributed by atoms with Crippen molar-refractivity contribution >= 4 is 12.2 Å². The number of nitrogens with one attached hydrogen (secondary N) is 1. The van der Waals surface area contributed by atoms with Gasteiger partial charge in [0.05, 0.1) is 5.56 Å². The normalized spacial score (nSPS) is 9.08. The van der Waals surface area contributed by atoms with Crippen LogP contribution in [-0.2, 0) is 0 Å². The Hall–Kier alpha value is -1.68. The Kier molecular flexibility index (Phi) is 2.55. The van der Waals surface area contributed by atoms with E-state index in [-0.39, 0.29) is 11.1 Å². The zero-order chi connectivity index (χ0) is 8.97. The topological polar surface area (TPSA) is 66.4 Å². The van der Waals surface area contributed by atoms with Crippen LogP contribution in [-0.4, -0.2) is 17.4 Å². The maximum Gasteiger partial charge on any atom is 0.275 e. The summed E-state index contributed by atoms with van der Waals surface area (Å²) < 4.78 is 0. The lowest BCUT2D eigenvalue weighted by molar-refractivity contribution is 0.0704. The summed E-state index contributed by atoms with van der Waals surface area (Å²) in [5, 5.41) is 8.29. The van der Waals surface area contributed by atoms with Crippen LogP contribution in [0.15, 0.2) is 24.3 Å². The highest BCUT2D eigenvalue weighted by Crippen LogP contribution is 2.04. The molecule has 0 saturated heterocycles. The van der Waals surface area contributed by atoms with Gasteiger partial charge in [0, 0.05) is 5.56 Å². The van der Waals surface area contributed by atoms with Crippen LogP contribution in [0.3, 0.4) is 0 Å². The van der Waals surface area contributed by atoms with Crippen LogP contribution in [0.25, 0.3) is 0 Å². The predicted octanol–water partition coefficient (Wildman–Crippen LogP) is 0.618. The smallest absolute Gasteiger partial charge is 0.275 e. The van der Waals surface area contributed by atoms with Gasteiger partial charge in [-0.3, -0.25) is 14.8 Å². The van der Waals surface area contributed by atoms with Crippen molar-refractivity contribution in [1.82, 2.24) is 5.48 Å². The summed E-state index contributed by atoms with van der Waals surface area (Å²) in [4.78, 5) is 21.3. The Morgan fingerprint density at radius 2 is 2.08 bits per heavy atom. The third kappa shape index (κ3) is 1.49. The van der Waals surface area contributed by atoms with Gasteiger partial charge in [0.15, 0.2) is 6.29 Å². The van der Waals surface area contributed by atoms with Crippen LogP contribution < -0.4 is 5.48 Å². The fraction of sp³-hybridized carbons (Fsp3) is 0. The second kappa shape index (κ2) is 3.64. The molecule has 4 heteroatoms. The van der Waals surface area contributed by atoms with E-state index in [0.29, 0.717) is 6.29 Å². The van der Waals surface area contributed by atoms with E-state index in [1.165, 1.54) is 17.6 Å². The molecule has 0 saturated carbocycles. The number of rotatable bonds is 2. The largest absolute Gasteiger partial charge is 0.298 e. The lowest BCUT2D eigenvalue weighted by Crippen LogP contribution is -2.20. The summed E-state index contributed by atoms with van der Waals surface area (Å²) in [7, 11) is 0. The van der Waals surface area contributed by atoms with E-state index in [9.17, 15) is 9.59 Å². The quantitative estimate of drug-likeness (QED) is 0.383. The second-order valence-corrected chi connectivity index (χ2v) is 2.15. The van der Waals surface area contributed by atoms with E-state index in [0.717, 1.165) is 0 Å². The first-order valence-corrected chi connectivity index (χ1v) is 3.28. The minimum atomic E-state index is -0.683. The Labute approximate surface area is 68.8 Å². The molecule has 0 radical (unpaired) electrons. The number of aldehydes is 1. The van der Waals surface area contributed by atoms with Crippen molar-refractivity contribution in [3.63, 3.8) is 0 Å². The van der Waals surface area contributed by atoms with Gasteiger partial charge in [0.1, 0.15) is 0 Å². The van der Waals surface area contributed by atoms with Crippen molar-refractivity contribution in [3.05, 3.63) is 35.4 Å². The van der Waals surface area contributed by atoms with Crippen molar-refractivity contribution in [1.29, 1.82) is 0 Å². The molecule has 0 aliphatic heterocycles. The molecular formula is C8H7NO3. The minimum absolute atomic E-state index is 0.162. The number of amides is 1. The molecule has 0 aromatic heterocycles. The molecule has 4 nitrogen and oxygen atoms in total. The first-order valence-electron chi connectivity index (χ1n) is 3.28. The number of hydrogen-bond donors (Lipinski definition) is 2. The molecule has 0 heterocycles. The molecule has 0 aliphatic rings. The van der Waals surface area contributed by atoms with E-state index in [1.54, 1.807) is 12.1 Å². The number of carbonyl (C=O) groups is 2. The average Bonchev–Trinajstić information content (AvgIpc) is 2.16. The number of benzene rings is 1. The molecular weight excluding hydrogens is 158 g/mol. The lowest BCUT2D eigenvalue weighted by Gasteiger charge is -2.00. The molecule has 62 valence electrons. The number of carbonyl (C=O) groups excluding carboxylic acids is 2. The molecule has 1 aromatic rings. The van der Waals surface area contributed by atoms with Crippen molar-refractivity contribution in [2.75, 3.05) is 0 Å². The van der Waals surface area contributed by atoms with Gasteiger partial charge in [-0.2, -0.15) is 0 Å². The molecule has 0 bridgehead atoms. The Bertz CT molecular complexity index is 309. The summed E-state index contributed by atoms with van der Waals surface area (Å²) in [5.74, 6) is -0.683. The zero-order valence-corrected chi connectivity index (χ0v) is 6.15. The van der Waals surface area contributed by atoms with Crippen molar-refractivity contribution in [2.24, 2.45) is 0 Å². The average molecular weight is 165 g/mol. The minimum Gasteiger partial charge on any atom is -0.298 e. The molecule has 1 aromatic carbocycles. The van der Waals surface area contributed by atoms with Crippen LogP contribution in [0.4, 0.5) is 0 Å². The fourth-order valence-corrected chi connectivity index (χ4v) is 0.867. The van der Waals surface area contributed by atoms with Crippen molar-refractivity contribution in [3.8, 4) is 0 Å². The molecule has 2 N–H and O–H groups in total. The van der Waals surface area contributed by atoms with Gasteiger partial charge in [-0.05, 0) is 6.07 Å². The highest BCUT2D eigenvalue weighted by atomic mass is 16.5. The molecule has 0 atom stereocenters. The SMILES string of the molecule is O=Cc1ccccc1C(=O)NO. The molecule has 12 heavy (non-hydrogen) atoms. The zero-order valence-electron chi connectivity index (χ0n) is 6.15. The van der Waals surface area contributed by atoms with Gasteiger partial charge < -0.3 is 0 Å². The van der Waals surface area contributed by atoms with Crippen LogP contribution in [0, 0.1) is 0 Å². The van der Waals surface area contributed by atoms with E-state index >= 15 is 0 Å². The molecule has 0 unspecified atom stereocenters. The van der Waals surface area contributed by atoms with Crippen LogP contribution >= 0.6 is 0 Å². The summed E-state index contributed by atoms with van der Waals surface area (Å²) in [6.07, 6.45) is 0.560. The van der Waals surface area contributed by atoms with Gasteiger partial charge in [-0.15, -0.1) is 0 Å². The Morgan fingerprint density at radius 1 is 1.42 bits per heavy atom. The van der Waals surface area contributed by atoms with Crippen LogP contribution in [0.2, 0.25) is 0 Å². The molecule has 1 rings (SSSR count). The van der Waals surface area contributed by atoms with Crippen LogP contribution in [0.1, 0.15) is 20.7 Å². The third-order valence-electron chi connectivity index (χ3n) is 1.43. The highest BCUT2D eigenvalue weighted by molar-refractivity contribution is 6.00. The first kappa shape index (κ1) is 8.42. The molecule has 0 fully saturated rings. The molecule has 0 spiro atoms. The van der Waals surface area contributed by atoms with E-state index in [1.807, 2.05) is 0 Å². The Morgan fingerprint density at radius 3 is 2.67 bits per heavy atom. The first-order chi connectivity index (χ1) is 5.79. The van der Waals surface area contributed by atoms with Gasteiger partial charge in [0.2, 0.25) is 0 Å². The van der Waals surface area contributed by atoms with E-state index < -0.39 is 5.91 Å². The number of hydrogen-bond acceptors (Lipinski definition) is 3. The second-order valence-electron chi connectivity index (χ2n) is 2.15. The summed E-state index contributed by atoms with van der Waals surface area (Å²) in [6.45, 7) is 0. The monoisotopic (exact) mass is 165 g/mol. The van der Waals surface area contributed by atoms with Gasteiger partial charge in [-0.25, -0.2) is 5.48 Å². The van der Waals surface area contributed by atoms with Crippen molar-refractivity contribution in [2.45, 2.75) is 0 Å². The van der Waals surface area contributed by atoms with E-state index in [4.69, 9.17) is 5.21 Å². The standard InChI is InChI=1S/C8H7NO3/c10-5-6-3-1-2-4-7(6)8(11)9-12/h1-5,12H,(H,9,11). The predicted molar refractivity (Wildman–Crippen MR) is 41.1 cm³/mol. The van der Waals surface area contributed by atoms with Crippen LogP contribution in [0.5, 0.6) is 0 Å². The lowest BCUT2D eigenvalue weighted by atomic mass is 10.1. The molecule has 0 aliphatic carbocycles. The molecule has 1 amide bonds. The fourth-order valence-electron chi connectivity index (χ4n) is 0.867. The van der Waals surface area contributed by atoms with Gasteiger partial charge >= 0.3 is 0 Å². The number of hydroxylamine groups is 1. The van der Waals surface area contributed by atoms with Gasteiger partial charge in [-0.1, -0.05) is 18.2 Å². The summed E-state index contributed by atoms with van der Waals surface area (Å²) >= 11 is 0. The van der Waals surface area contributed by atoms with E-state index in [2.05, 4.69) is 0 Å². The third-order valence-corrected chi connectivity index (χ3v) is 1.43. The van der Waals surface area contributed by atoms with Crippen molar-refractivity contribution < 1.29 is 14.8 Å². The van der Waals surface area contributed by atoms with Gasteiger partial charge in [0.25, 0.3) is 5.91 Å². The summed E-state index contributed by atoms with van der Waals surface area (Å²) in [5.41, 5.74) is 1.87.